The molecule has 0 spiro atoms. The molecule has 0 unspecified atom stereocenters. The highest BCUT2D eigenvalue weighted by Gasteiger charge is 2.24. The summed E-state index contributed by atoms with van der Waals surface area (Å²) in [5.41, 5.74) is 2.92. The van der Waals surface area contributed by atoms with Crippen molar-refractivity contribution in [1.82, 2.24) is 14.7 Å². The fourth-order valence-electron chi connectivity index (χ4n) is 3.30. The predicted molar refractivity (Wildman–Crippen MR) is 76.9 cm³/mol. The molecule has 2 aromatic rings. The Kier molecular flexibility index (Phi) is 3.05. The largest absolute Gasteiger partial charge is 0.469 e. The van der Waals surface area contributed by atoms with Gasteiger partial charge < -0.3 is 9.32 Å². The fraction of sp³-hybridized carbons (Fsp3) is 0.500. The van der Waals surface area contributed by atoms with Crippen molar-refractivity contribution in [3.8, 4) is 0 Å². The van der Waals surface area contributed by atoms with Gasteiger partial charge in [0.25, 0.3) is 5.91 Å². The maximum Gasteiger partial charge on any atom is 0.274 e. The zero-order valence-electron chi connectivity index (χ0n) is 12.0. The molecular weight excluding hydrogens is 266 g/mol. The Hall–Kier alpha value is -2.04. The van der Waals surface area contributed by atoms with Crippen LogP contribution in [0.25, 0.3) is 0 Å². The molecule has 4 rings (SSSR count). The van der Waals surface area contributed by atoms with Crippen molar-refractivity contribution in [2.75, 3.05) is 6.54 Å². The number of carbonyl (C=O) groups excluding carboxylic acids is 1. The van der Waals surface area contributed by atoms with Gasteiger partial charge in [-0.3, -0.25) is 9.48 Å². The van der Waals surface area contributed by atoms with E-state index in [0.717, 1.165) is 50.1 Å². The molecule has 0 aliphatic carbocycles. The molecule has 0 saturated carbocycles. The lowest BCUT2D eigenvalue weighted by Crippen LogP contribution is -2.31. The first-order chi connectivity index (χ1) is 10.3. The number of aromatic nitrogens is 2. The van der Waals surface area contributed by atoms with Gasteiger partial charge in [-0.15, -0.1) is 0 Å². The molecule has 2 aliphatic heterocycles. The Balaban J connectivity index is 1.58. The third-order valence-electron chi connectivity index (χ3n) is 4.45. The molecule has 1 amide bonds. The Bertz CT molecular complexity index is 647. The van der Waals surface area contributed by atoms with Crippen molar-refractivity contribution in [1.29, 1.82) is 0 Å². The van der Waals surface area contributed by atoms with Gasteiger partial charge >= 0.3 is 0 Å². The van der Waals surface area contributed by atoms with Gasteiger partial charge in [0, 0.05) is 37.3 Å². The van der Waals surface area contributed by atoms with Crippen molar-refractivity contribution < 1.29 is 9.21 Å². The number of rotatable bonds is 1. The number of nitrogens with zero attached hydrogens (tertiary/aromatic N) is 3. The molecule has 5 nitrogen and oxygen atoms in total. The third kappa shape index (κ3) is 2.26. The topological polar surface area (TPSA) is 51.3 Å². The number of amides is 1. The van der Waals surface area contributed by atoms with E-state index in [1.165, 1.54) is 12.1 Å². The number of aryl methyl sites for hydroxylation is 3. The quantitative estimate of drug-likeness (QED) is 0.808. The summed E-state index contributed by atoms with van der Waals surface area (Å²) in [6.45, 7) is 2.34. The van der Waals surface area contributed by atoms with Crippen molar-refractivity contribution in [2.45, 2.75) is 45.2 Å². The summed E-state index contributed by atoms with van der Waals surface area (Å²) >= 11 is 0. The summed E-state index contributed by atoms with van der Waals surface area (Å²) in [6, 6.07) is 3.95. The number of hydrogen-bond donors (Lipinski definition) is 0. The van der Waals surface area contributed by atoms with Gasteiger partial charge in [-0.2, -0.15) is 5.10 Å². The van der Waals surface area contributed by atoms with Crippen molar-refractivity contribution >= 4 is 5.91 Å². The highest BCUT2D eigenvalue weighted by Crippen LogP contribution is 2.22. The van der Waals surface area contributed by atoms with Gasteiger partial charge in [0.15, 0.2) is 5.69 Å². The summed E-state index contributed by atoms with van der Waals surface area (Å²) in [5, 5.41) is 4.50. The van der Waals surface area contributed by atoms with Gasteiger partial charge in [-0.05, 0) is 37.8 Å². The average Bonchev–Trinajstić information content (AvgIpc) is 3.08. The first-order valence-electron chi connectivity index (χ1n) is 7.72. The normalized spacial score (nSPS) is 18.0. The predicted octanol–water partition coefficient (Wildman–Crippen LogP) is 2.40. The lowest BCUT2D eigenvalue weighted by atomic mass is 10.1. The van der Waals surface area contributed by atoms with E-state index < -0.39 is 0 Å². The lowest BCUT2D eigenvalue weighted by molar-refractivity contribution is 0.0739. The molecule has 0 N–H and O–H groups in total. The molecule has 5 heteroatoms. The van der Waals surface area contributed by atoms with Crippen LogP contribution in [0.2, 0.25) is 0 Å². The standard InChI is InChI=1S/C16H19N3O2/c20-16(14-10-13-4-1-2-8-19(13)17-14)18-7-3-5-15-12(11-18)6-9-21-15/h6,9-10H,1-5,7-8,11H2. The zero-order valence-corrected chi connectivity index (χ0v) is 12.0. The van der Waals surface area contributed by atoms with E-state index in [1.807, 2.05) is 21.7 Å². The van der Waals surface area contributed by atoms with Crippen LogP contribution in [0.4, 0.5) is 0 Å². The van der Waals surface area contributed by atoms with Gasteiger partial charge in [-0.1, -0.05) is 0 Å². The molecule has 110 valence electrons. The van der Waals surface area contributed by atoms with E-state index in [9.17, 15) is 4.79 Å². The zero-order chi connectivity index (χ0) is 14.2. The van der Waals surface area contributed by atoms with Gasteiger partial charge in [0.1, 0.15) is 5.76 Å². The Morgan fingerprint density at radius 2 is 2.14 bits per heavy atom. The van der Waals surface area contributed by atoms with Gasteiger partial charge in [0.05, 0.1) is 6.26 Å². The molecule has 0 fully saturated rings. The molecule has 0 atom stereocenters. The minimum absolute atomic E-state index is 0.0472. The van der Waals surface area contributed by atoms with Crippen LogP contribution < -0.4 is 0 Å². The van der Waals surface area contributed by atoms with Crippen LogP contribution >= 0.6 is 0 Å². The smallest absolute Gasteiger partial charge is 0.274 e. The van der Waals surface area contributed by atoms with Crippen LogP contribution in [0.3, 0.4) is 0 Å². The van der Waals surface area contributed by atoms with Crippen molar-refractivity contribution in [3.63, 3.8) is 0 Å². The minimum Gasteiger partial charge on any atom is -0.469 e. The second-order valence-corrected chi connectivity index (χ2v) is 5.90. The van der Waals surface area contributed by atoms with Crippen LogP contribution in [0.15, 0.2) is 22.8 Å². The summed E-state index contributed by atoms with van der Waals surface area (Å²) in [7, 11) is 0. The van der Waals surface area contributed by atoms with E-state index >= 15 is 0 Å². The molecular formula is C16H19N3O2. The molecule has 2 aliphatic rings. The van der Waals surface area contributed by atoms with E-state index in [4.69, 9.17) is 4.42 Å². The summed E-state index contributed by atoms with van der Waals surface area (Å²) in [4.78, 5) is 14.6. The highest BCUT2D eigenvalue weighted by atomic mass is 16.3. The van der Waals surface area contributed by atoms with E-state index in [0.29, 0.717) is 12.2 Å². The molecule has 21 heavy (non-hydrogen) atoms. The molecule has 0 aromatic carbocycles. The first kappa shape index (κ1) is 12.7. The van der Waals surface area contributed by atoms with Crippen LogP contribution in [-0.2, 0) is 25.9 Å². The molecule has 0 radical (unpaired) electrons. The minimum atomic E-state index is 0.0472. The van der Waals surface area contributed by atoms with E-state index in [2.05, 4.69) is 5.10 Å². The van der Waals surface area contributed by atoms with Crippen LogP contribution in [-0.4, -0.2) is 27.1 Å². The average molecular weight is 285 g/mol. The summed E-state index contributed by atoms with van der Waals surface area (Å²) in [6.07, 6.45) is 6.96. The Morgan fingerprint density at radius 1 is 1.19 bits per heavy atom. The maximum absolute atomic E-state index is 12.7. The molecule has 2 aromatic heterocycles. The molecule has 4 heterocycles. The summed E-state index contributed by atoms with van der Waals surface area (Å²) < 4.78 is 7.48. The summed E-state index contributed by atoms with van der Waals surface area (Å²) in [5.74, 6) is 1.07. The van der Waals surface area contributed by atoms with E-state index in [1.54, 1.807) is 6.26 Å². The van der Waals surface area contributed by atoms with Crippen LogP contribution in [0.5, 0.6) is 0 Å². The van der Waals surface area contributed by atoms with E-state index in [-0.39, 0.29) is 5.91 Å². The maximum atomic E-state index is 12.7. The molecule has 0 bridgehead atoms. The number of hydrogen-bond acceptors (Lipinski definition) is 3. The SMILES string of the molecule is O=C(c1cc2n(n1)CCCC2)N1CCCc2occc2C1. The van der Waals surface area contributed by atoms with Crippen LogP contribution in [0, 0.1) is 0 Å². The highest BCUT2D eigenvalue weighted by molar-refractivity contribution is 5.92. The van der Waals surface area contributed by atoms with Crippen molar-refractivity contribution in [2.24, 2.45) is 0 Å². The Morgan fingerprint density at radius 3 is 3.05 bits per heavy atom. The second kappa shape index (κ2) is 5.06. The second-order valence-electron chi connectivity index (χ2n) is 5.90. The fourth-order valence-corrected chi connectivity index (χ4v) is 3.30. The Labute approximate surface area is 123 Å². The van der Waals surface area contributed by atoms with Gasteiger partial charge in [-0.25, -0.2) is 0 Å². The monoisotopic (exact) mass is 285 g/mol. The lowest BCUT2D eigenvalue weighted by Gasteiger charge is -2.18. The number of furan rings is 1. The number of fused-ring (bicyclic) bond motifs is 2. The van der Waals surface area contributed by atoms with Crippen LogP contribution in [0.1, 0.15) is 46.8 Å². The first-order valence-corrected chi connectivity index (χ1v) is 7.72. The van der Waals surface area contributed by atoms with Crippen molar-refractivity contribution in [3.05, 3.63) is 41.1 Å². The van der Waals surface area contributed by atoms with Gasteiger partial charge in [0.2, 0.25) is 0 Å². The number of carbonyl (C=O) groups is 1. The third-order valence-corrected chi connectivity index (χ3v) is 4.45. The molecule has 0 saturated heterocycles.